The molecule has 1 saturated heterocycles. The molecule has 33 heavy (non-hydrogen) atoms. The Balaban J connectivity index is 2.38. The third-order valence-corrected chi connectivity index (χ3v) is 6.75. The van der Waals surface area contributed by atoms with Gasteiger partial charge < -0.3 is 9.64 Å². The summed E-state index contributed by atoms with van der Waals surface area (Å²) in [5.74, 6) is -0.256. The van der Waals surface area contributed by atoms with Crippen molar-refractivity contribution in [1.29, 1.82) is 0 Å². The van der Waals surface area contributed by atoms with E-state index in [4.69, 9.17) is 9.57 Å². The van der Waals surface area contributed by atoms with Crippen LogP contribution in [0.15, 0.2) is 0 Å². The number of carbonyl (C=O) groups is 3. The second kappa shape index (κ2) is 9.80. The van der Waals surface area contributed by atoms with E-state index < -0.39 is 23.2 Å². The lowest BCUT2D eigenvalue weighted by atomic mass is 9.74. The van der Waals surface area contributed by atoms with Crippen molar-refractivity contribution in [3.63, 3.8) is 0 Å². The Morgan fingerprint density at radius 2 is 1.52 bits per heavy atom. The van der Waals surface area contributed by atoms with E-state index >= 15 is 0 Å². The number of likely N-dealkylation sites (tertiary alicyclic amines) is 1. The van der Waals surface area contributed by atoms with E-state index in [-0.39, 0.29) is 35.9 Å². The van der Waals surface area contributed by atoms with Crippen LogP contribution in [0.4, 0.5) is 4.79 Å². The van der Waals surface area contributed by atoms with Crippen molar-refractivity contribution in [2.24, 2.45) is 10.8 Å². The average molecular weight is 468 g/mol. The van der Waals surface area contributed by atoms with Crippen molar-refractivity contribution in [3.05, 3.63) is 0 Å². The van der Waals surface area contributed by atoms with Gasteiger partial charge in [-0.25, -0.2) is 9.86 Å². The van der Waals surface area contributed by atoms with Gasteiger partial charge in [0, 0.05) is 25.0 Å². The summed E-state index contributed by atoms with van der Waals surface area (Å²) in [4.78, 5) is 48.4. The lowest BCUT2D eigenvalue weighted by Crippen LogP contribution is -2.53. The Hall–Kier alpha value is -1.83. The van der Waals surface area contributed by atoms with E-state index in [1.165, 1.54) is 19.1 Å². The first kappa shape index (κ1) is 27.4. The summed E-state index contributed by atoms with van der Waals surface area (Å²) in [7, 11) is 2.95. The highest BCUT2D eigenvalue weighted by molar-refractivity contribution is 5.87. The molecule has 2 aliphatic rings. The number of carbonyl (C=O) groups excluding carboxylic acids is 3. The minimum absolute atomic E-state index is 0.0644. The molecule has 1 heterocycles. The van der Waals surface area contributed by atoms with Crippen molar-refractivity contribution in [3.8, 4) is 0 Å². The van der Waals surface area contributed by atoms with Crippen molar-refractivity contribution in [2.75, 3.05) is 20.7 Å². The predicted octanol–water partition coefficient (Wildman–Crippen LogP) is 4.23. The molecule has 0 aromatic heterocycles. The average Bonchev–Trinajstić information content (AvgIpc) is 3.11. The first-order valence-electron chi connectivity index (χ1n) is 12.1. The molecule has 2 atom stereocenters. The minimum Gasteiger partial charge on any atom is -0.444 e. The molecule has 0 aromatic rings. The summed E-state index contributed by atoms with van der Waals surface area (Å²) in [6, 6.07) is -0.899. The number of likely N-dealkylation sites (N-methyl/N-ethyl adjacent to an activating group) is 1. The zero-order valence-corrected chi connectivity index (χ0v) is 22.4. The van der Waals surface area contributed by atoms with Gasteiger partial charge in [0.25, 0.3) is 5.91 Å². The maximum absolute atomic E-state index is 13.7. The fourth-order valence-corrected chi connectivity index (χ4v) is 4.75. The molecule has 8 nitrogen and oxygen atoms in total. The maximum Gasteiger partial charge on any atom is 0.411 e. The second-order valence-electron chi connectivity index (χ2n) is 12.4. The fraction of sp³-hybridized carbons (Fsp3) is 0.880. The first-order chi connectivity index (χ1) is 15.0. The quantitative estimate of drug-likeness (QED) is 0.578. The summed E-state index contributed by atoms with van der Waals surface area (Å²) in [5.41, 5.74) is -0.980. The third kappa shape index (κ3) is 6.84. The van der Waals surface area contributed by atoms with E-state index in [0.29, 0.717) is 6.42 Å². The Bertz CT molecular complexity index is 727. The molecule has 2 fully saturated rings. The van der Waals surface area contributed by atoms with Crippen LogP contribution in [0, 0.1) is 10.8 Å². The van der Waals surface area contributed by atoms with Gasteiger partial charge in [0.15, 0.2) is 0 Å². The molecule has 1 aliphatic heterocycles. The number of nitrogens with zero attached hydrogens (tertiary/aromatic N) is 3. The molecule has 190 valence electrons. The Labute approximate surface area is 199 Å². The molecule has 0 spiro atoms. The van der Waals surface area contributed by atoms with E-state index in [2.05, 4.69) is 13.8 Å². The van der Waals surface area contributed by atoms with Gasteiger partial charge >= 0.3 is 6.09 Å². The van der Waals surface area contributed by atoms with E-state index in [0.717, 1.165) is 30.7 Å². The van der Waals surface area contributed by atoms with Crippen LogP contribution < -0.4 is 0 Å². The summed E-state index contributed by atoms with van der Waals surface area (Å²) >= 11 is 0. The van der Waals surface area contributed by atoms with E-state index in [9.17, 15) is 14.4 Å². The maximum atomic E-state index is 13.7. The van der Waals surface area contributed by atoms with Crippen LogP contribution in [0.2, 0.25) is 0 Å². The lowest BCUT2D eigenvalue weighted by molar-refractivity contribution is -0.173. The number of rotatable bonds is 4. The largest absolute Gasteiger partial charge is 0.444 e. The molecule has 3 amide bonds. The van der Waals surface area contributed by atoms with Crippen molar-refractivity contribution in [2.45, 2.75) is 111 Å². The minimum atomic E-state index is -0.745. The Morgan fingerprint density at radius 3 is 1.97 bits per heavy atom. The Morgan fingerprint density at radius 1 is 0.970 bits per heavy atom. The molecule has 0 bridgehead atoms. The number of hydrogen-bond donors (Lipinski definition) is 0. The zero-order valence-electron chi connectivity index (χ0n) is 22.4. The molecule has 0 N–H and O–H groups in total. The van der Waals surface area contributed by atoms with Gasteiger partial charge in [-0.2, -0.15) is 0 Å². The molecule has 0 aromatic carbocycles. The van der Waals surface area contributed by atoms with Gasteiger partial charge in [0.1, 0.15) is 11.6 Å². The van der Waals surface area contributed by atoms with Crippen LogP contribution in [0.25, 0.3) is 0 Å². The molecule has 2 rings (SSSR count). The number of hydroxylamine groups is 2. The summed E-state index contributed by atoms with van der Waals surface area (Å²) < 4.78 is 5.62. The van der Waals surface area contributed by atoms with Crippen LogP contribution in [0.3, 0.4) is 0 Å². The number of hydrogen-bond acceptors (Lipinski definition) is 5. The molecule has 0 unspecified atom stereocenters. The van der Waals surface area contributed by atoms with Gasteiger partial charge in [0.05, 0.1) is 13.2 Å². The topological polar surface area (TPSA) is 79.4 Å². The number of amides is 3. The second-order valence-corrected chi connectivity index (χ2v) is 12.4. The van der Waals surface area contributed by atoms with Gasteiger partial charge in [-0.1, -0.05) is 34.6 Å². The van der Waals surface area contributed by atoms with Crippen molar-refractivity contribution < 1.29 is 24.0 Å². The van der Waals surface area contributed by atoms with Crippen LogP contribution >= 0.6 is 0 Å². The van der Waals surface area contributed by atoms with E-state index in [1.807, 2.05) is 25.7 Å². The predicted molar refractivity (Wildman–Crippen MR) is 127 cm³/mol. The summed E-state index contributed by atoms with van der Waals surface area (Å²) in [6.07, 6.45) is 3.77. The van der Waals surface area contributed by atoms with Gasteiger partial charge in [-0.05, 0) is 58.3 Å². The Kier molecular flexibility index (Phi) is 8.14. The lowest BCUT2D eigenvalue weighted by Gasteiger charge is -2.45. The van der Waals surface area contributed by atoms with Gasteiger partial charge in [0.2, 0.25) is 5.91 Å². The standard InChI is InChI=1S/C25H45N3O5/c1-23(2,3)21(30)28(17-11-13-25(7,8)14-12-17)18-15-19(20(29)26(9)32-10)27(16-18)22(31)33-24(4,5)6/h17-19H,11-16H2,1-10H3/t18-,19+/m0/s1. The molecule has 1 aliphatic carbocycles. The molecule has 1 saturated carbocycles. The zero-order chi connectivity index (χ0) is 25.4. The highest BCUT2D eigenvalue weighted by atomic mass is 16.7. The highest BCUT2D eigenvalue weighted by Gasteiger charge is 2.48. The summed E-state index contributed by atoms with van der Waals surface area (Å²) in [5, 5.41) is 1.14. The van der Waals surface area contributed by atoms with Crippen molar-refractivity contribution >= 4 is 17.9 Å². The first-order valence-corrected chi connectivity index (χ1v) is 12.1. The van der Waals surface area contributed by atoms with Crippen LogP contribution in [0.5, 0.6) is 0 Å². The van der Waals surface area contributed by atoms with Crippen molar-refractivity contribution in [1.82, 2.24) is 14.9 Å². The molecular formula is C25H45N3O5. The fourth-order valence-electron chi connectivity index (χ4n) is 4.75. The van der Waals surface area contributed by atoms with Gasteiger partial charge in [-0.3, -0.25) is 19.3 Å². The SMILES string of the molecule is CON(C)C(=O)[C@H]1C[C@H](N(C(=O)C(C)(C)C)C2CCC(C)(C)CC2)CN1C(=O)OC(C)(C)C. The monoisotopic (exact) mass is 467 g/mol. The molecule has 0 radical (unpaired) electrons. The smallest absolute Gasteiger partial charge is 0.411 e. The normalized spacial score (nSPS) is 23.9. The number of ether oxygens (including phenoxy) is 1. The molecule has 8 heteroatoms. The highest BCUT2D eigenvalue weighted by Crippen LogP contribution is 2.40. The summed E-state index contributed by atoms with van der Waals surface area (Å²) in [6.45, 7) is 16.0. The third-order valence-electron chi connectivity index (χ3n) is 6.75. The van der Waals surface area contributed by atoms with Crippen LogP contribution in [0.1, 0.15) is 87.5 Å². The van der Waals surface area contributed by atoms with Gasteiger partial charge in [-0.15, -0.1) is 0 Å². The van der Waals surface area contributed by atoms with Crippen LogP contribution in [-0.2, 0) is 19.2 Å². The molecular weight excluding hydrogens is 422 g/mol. The van der Waals surface area contributed by atoms with Crippen LogP contribution in [-0.4, -0.2) is 77.2 Å². The van der Waals surface area contributed by atoms with E-state index in [1.54, 1.807) is 20.8 Å².